The Morgan fingerprint density at radius 2 is 2.10 bits per heavy atom. The number of hydrogen-bond donors (Lipinski definition) is 3. The minimum Gasteiger partial charge on any atom is -0.481 e. The molecule has 1 aromatic heterocycles. The van der Waals surface area contributed by atoms with Crippen molar-refractivity contribution in [2.75, 3.05) is 13.1 Å². The predicted molar refractivity (Wildman–Crippen MR) is 70.1 cm³/mol. The second kappa shape index (κ2) is 7.98. The van der Waals surface area contributed by atoms with Gasteiger partial charge in [0.2, 0.25) is 5.91 Å². The van der Waals surface area contributed by atoms with Gasteiger partial charge in [-0.3, -0.25) is 14.4 Å². The molecule has 110 valence electrons. The van der Waals surface area contributed by atoms with Gasteiger partial charge in [-0.25, -0.2) is 0 Å². The predicted octanol–water partition coefficient (Wildman–Crippen LogP) is 0.626. The zero-order valence-corrected chi connectivity index (χ0v) is 11.2. The molecule has 0 aliphatic carbocycles. The third-order valence-electron chi connectivity index (χ3n) is 2.71. The second-order valence-corrected chi connectivity index (χ2v) is 4.39. The largest absolute Gasteiger partial charge is 0.481 e. The molecule has 1 rings (SSSR count). The fraction of sp³-hybridized carbons (Fsp3) is 0.462. The van der Waals surface area contributed by atoms with E-state index in [0.717, 1.165) is 0 Å². The molecule has 1 unspecified atom stereocenters. The SMILES string of the molecule is CC(CCCNC(=O)CNC(=O)c1ccco1)C(=O)O. The lowest BCUT2D eigenvalue weighted by Crippen LogP contribution is -2.37. The van der Waals surface area contributed by atoms with E-state index in [9.17, 15) is 14.4 Å². The van der Waals surface area contributed by atoms with Crippen LogP contribution < -0.4 is 10.6 Å². The third kappa shape index (κ3) is 5.55. The molecule has 1 atom stereocenters. The van der Waals surface area contributed by atoms with Crippen LogP contribution in [0.2, 0.25) is 0 Å². The number of aliphatic carboxylic acids is 1. The summed E-state index contributed by atoms with van der Waals surface area (Å²) < 4.78 is 4.88. The van der Waals surface area contributed by atoms with E-state index in [1.54, 1.807) is 13.0 Å². The second-order valence-electron chi connectivity index (χ2n) is 4.39. The Bertz CT molecular complexity index is 455. The maximum absolute atomic E-state index is 11.5. The van der Waals surface area contributed by atoms with Crippen molar-refractivity contribution < 1.29 is 23.9 Å². The molecule has 0 spiro atoms. The monoisotopic (exact) mass is 282 g/mol. The molecule has 1 aromatic rings. The minimum absolute atomic E-state index is 0.145. The summed E-state index contributed by atoms with van der Waals surface area (Å²) in [6, 6.07) is 3.08. The van der Waals surface area contributed by atoms with Gasteiger partial charge in [0.05, 0.1) is 18.7 Å². The molecule has 0 saturated heterocycles. The van der Waals surface area contributed by atoms with E-state index in [1.165, 1.54) is 12.3 Å². The van der Waals surface area contributed by atoms with E-state index >= 15 is 0 Å². The number of carbonyl (C=O) groups excluding carboxylic acids is 2. The first-order valence-electron chi connectivity index (χ1n) is 6.32. The molecule has 2 amide bonds. The lowest BCUT2D eigenvalue weighted by molar-refractivity contribution is -0.141. The molecule has 0 fully saturated rings. The summed E-state index contributed by atoms with van der Waals surface area (Å²) in [4.78, 5) is 33.5. The van der Waals surface area contributed by atoms with Gasteiger partial charge >= 0.3 is 5.97 Å². The maximum Gasteiger partial charge on any atom is 0.306 e. The van der Waals surface area contributed by atoms with Crippen molar-refractivity contribution in [2.45, 2.75) is 19.8 Å². The molecule has 0 radical (unpaired) electrons. The number of amides is 2. The molecular weight excluding hydrogens is 264 g/mol. The van der Waals surface area contributed by atoms with Crippen LogP contribution in [-0.2, 0) is 9.59 Å². The Kier molecular flexibility index (Phi) is 6.28. The number of carboxylic acid groups (broad SMARTS) is 1. The first-order chi connectivity index (χ1) is 9.50. The van der Waals surface area contributed by atoms with Crippen molar-refractivity contribution in [1.82, 2.24) is 10.6 Å². The first-order valence-corrected chi connectivity index (χ1v) is 6.32. The van der Waals surface area contributed by atoms with E-state index in [1.807, 2.05) is 0 Å². The van der Waals surface area contributed by atoms with E-state index in [-0.39, 0.29) is 18.2 Å². The first kappa shape index (κ1) is 15.7. The van der Waals surface area contributed by atoms with E-state index in [4.69, 9.17) is 9.52 Å². The molecule has 20 heavy (non-hydrogen) atoms. The van der Waals surface area contributed by atoms with Crippen LogP contribution >= 0.6 is 0 Å². The van der Waals surface area contributed by atoms with Crippen LogP contribution in [0.25, 0.3) is 0 Å². The van der Waals surface area contributed by atoms with Gasteiger partial charge in [0.25, 0.3) is 5.91 Å². The average molecular weight is 282 g/mol. The van der Waals surface area contributed by atoms with Crippen LogP contribution in [0.3, 0.4) is 0 Å². The number of carboxylic acids is 1. The molecule has 0 aromatic carbocycles. The van der Waals surface area contributed by atoms with Gasteiger partial charge in [-0.05, 0) is 25.0 Å². The van der Waals surface area contributed by atoms with Crippen molar-refractivity contribution in [3.05, 3.63) is 24.2 Å². The molecular formula is C13H18N2O5. The number of hydrogen-bond acceptors (Lipinski definition) is 4. The van der Waals surface area contributed by atoms with Crippen LogP contribution in [-0.4, -0.2) is 36.0 Å². The number of nitrogens with one attached hydrogen (secondary N) is 2. The quantitative estimate of drug-likeness (QED) is 0.606. The van der Waals surface area contributed by atoms with Gasteiger partial charge in [-0.2, -0.15) is 0 Å². The van der Waals surface area contributed by atoms with E-state index in [2.05, 4.69) is 10.6 Å². The average Bonchev–Trinajstić information content (AvgIpc) is 2.94. The zero-order valence-electron chi connectivity index (χ0n) is 11.2. The van der Waals surface area contributed by atoms with Crippen LogP contribution in [0.15, 0.2) is 22.8 Å². The highest BCUT2D eigenvalue weighted by molar-refractivity contribution is 5.94. The number of furan rings is 1. The molecule has 0 bridgehead atoms. The van der Waals surface area contributed by atoms with Gasteiger partial charge in [-0.1, -0.05) is 6.92 Å². The third-order valence-corrected chi connectivity index (χ3v) is 2.71. The summed E-state index contributed by atoms with van der Waals surface area (Å²) in [7, 11) is 0. The summed E-state index contributed by atoms with van der Waals surface area (Å²) in [5.74, 6) is -1.90. The van der Waals surface area contributed by atoms with Crippen LogP contribution in [0.5, 0.6) is 0 Å². The number of carbonyl (C=O) groups is 3. The molecule has 7 heteroatoms. The minimum atomic E-state index is -0.845. The summed E-state index contributed by atoms with van der Waals surface area (Å²) >= 11 is 0. The lowest BCUT2D eigenvalue weighted by Gasteiger charge is -2.08. The smallest absolute Gasteiger partial charge is 0.306 e. The summed E-state index contributed by atoms with van der Waals surface area (Å²) in [5, 5.41) is 13.7. The zero-order chi connectivity index (χ0) is 15.0. The highest BCUT2D eigenvalue weighted by atomic mass is 16.4. The molecule has 0 aliphatic heterocycles. The van der Waals surface area contributed by atoms with Gasteiger partial charge in [-0.15, -0.1) is 0 Å². The number of rotatable bonds is 8. The van der Waals surface area contributed by atoms with Gasteiger partial charge in [0.1, 0.15) is 0 Å². The van der Waals surface area contributed by atoms with Crippen molar-refractivity contribution >= 4 is 17.8 Å². The Labute approximate surface area is 116 Å². The molecule has 0 aliphatic rings. The highest BCUT2D eigenvalue weighted by Crippen LogP contribution is 2.04. The lowest BCUT2D eigenvalue weighted by atomic mass is 10.1. The normalized spacial score (nSPS) is 11.7. The van der Waals surface area contributed by atoms with Crippen molar-refractivity contribution in [1.29, 1.82) is 0 Å². The fourth-order valence-corrected chi connectivity index (χ4v) is 1.48. The standard InChI is InChI=1S/C13H18N2O5/c1-9(13(18)19)4-2-6-14-11(16)8-15-12(17)10-5-3-7-20-10/h3,5,7,9H,2,4,6,8H2,1H3,(H,14,16)(H,15,17)(H,18,19). The van der Waals surface area contributed by atoms with Crippen molar-refractivity contribution in [3.8, 4) is 0 Å². The van der Waals surface area contributed by atoms with E-state index in [0.29, 0.717) is 19.4 Å². The Morgan fingerprint density at radius 1 is 1.35 bits per heavy atom. The Balaban J connectivity index is 2.12. The van der Waals surface area contributed by atoms with Gasteiger partial charge < -0.3 is 20.2 Å². The highest BCUT2D eigenvalue weighted by Gasteiger charge is 2.11. The summed E-state index contributed by atoms with van der Waals surface area (Å²) in [6.45, 7) is 1.86. The molecule has 0 saturated carbocycles. The maximum atomic E-state index is 11.5. The molecule has 1 heterocycles. The summed E-state index contributed by atoms with van der Waals surface area (Å²) in [5.41, 5.74) is 0. The van der Waals surface area contributed by atoms with Gasteiger partial charge in [0.15, 0.2) is 5.76 Å². The van der Waals surface area contributed by atoms with E-state index < -0.39 is 17.8 Å². The van der Waals surface area contributed by atoms with Crippen molar-refractivity contribution in [3.63, 3.8) is 0 Å². The Hall–Kier alpha value is -2.31. The molecule has 7 nitrogen and oxygen atoms in total. The van der Waals surface area contributed by atoms with Crippen LogP contribution in [0.1, 0.15) is 30.3 Å². The fourth-order valence-electron chi connectivity index (χ4n) is 1.48. The van der Waals surface area contributed by atoms with Crippen molar-refractivity contribution in [2.24, 2.45) is 5.92 Å². The summed E-state index contributed by atoms with van der Waals surface area (Å²) in [6.07, 6.45) is 2.44. The Morgan fingerprint density at radius 3 is 2.70 bits per heavy atom. The van der Waals surface area contributed by atoms with Gasteiger partial charge in [0, 0.05) is 6.54 Å². The van der Waals surface area contributed by atoms with Crippen LogP contribution in [0, 0.1) is 5.92 Å². The van der Waals surface area contributed by atoms with Crippen LogP contribution in [0.4, 0.5) is 0 Å². The molecule has 3 N–H and O–H groups in total. The topological polar surface area (TPSA) is 109 Å².